The van der Waals surface area contributed by atoms with Crippen LogP contribution in [0.1, 0.15) is 18.9 Å². The van der Waals surface area contributed by atoms with E-state index in [-0.39, 0.29) is 17.0 Å². The molecule has 0 aliphatic carbocycles. The van der Waals surface area contributed by atoms with E-state index >= 15 is 0 Å². The van der Waals surface area contributed by atoms with Gasteiger partial charge in [0.2, 0.25) is 11.8 Å². The molecule has 1 unspecified atom stereocenters. The average Bonchev–Trinajstić information content (AvgIpc) is 2.80. The zero-order valence-corrected chi connectivity index (χ0v) is 18.5. The van der Waals surface area contributed by atoms with Crippen LogP contribution in [0, 0.1) is 5.82 Å². The summed E-state index contributed by atoms with van der Waals surface area (Å²) in [6.45, 7) is 3.99. The highest BCUT2D eigenvalue weighted by Gasteiger charge is 2.28. The molecule has 1 saturated heterocycles. The smallest absolute Gasteiger partial charge is 0.224 e. The Morgan fingerprint density at radius 2 is 1.97 bits per heavy atom. The van der Waals surface area contributed by atoms with Crippen molar-refractivity contribution in [2.24, 2.45) is 0 Å². The first-order valence-electron chi connectivity index (χ1n) is 10.5. The summed E-state index contributed by atoms with van der Waals surface area (Å²) in [7, 11) is 0. The molecule has 3 aromatic rings. The standard InChI is InChI=1S/C24H24ClFN4O2/c1-17-15-29(11-12-30(17)24(31)10-7-18-5-3-2-4-6-18)22-14-23(28-16-27-22)32-21-9-8-19(26)13-20(21)25/h2-6,8-9,13-14,16-17H,7,10-12,15H2,1H3. The number of aromatic nitrogens is 2. The van der Waals surface area contributed by atoms with Gasteiger partial charge in [-0.05, 0) is 37.1 Å². The monoisotopic (exact) mass is 454 g/mol. The number of hydrogen-bond donors (Lipinski definition) is 0. The van der Waals surface area contributed by atoms with E-state index < -0.39 is 5.82 Å². The van der Waals surface area contributed by atoms with Gasteiger partial charge in [0, 0.05) is 38.2 Å². The predicted molar refractivity (Wildman–Crippen MR) is 122 cm³/mol. The zero-order valence-electron chi connectivity index (χ0n) is 17.7. The van der Waals surface area contributed by atoms with E-state index in [1.54, 1.807) is 6.07 Å². The molecule has 0 spiro atoms. The van der Waals surface area contributed by atoms with E-state index in [0.717, 1.165) is 6.42 Å². The average molecular weight is 455 g/mol. The molecule has 2 aromatic carbocycles. The third-order valence-electron chi connectivity index (χ3n) is 5.48. The van der Waals surface area contributed by atoms with Crippen molar-refractivity contribution < 1.29 is 13.9 Å². The van der Waals surface area contributed by atoms with Gasteiger partial charge >= 0.3 is 0 Å². The molecule has 6 nitrogen and oxygen atoms in total. The second-order valence-electron chi connectivity index (χ2n) is 7.76. The Hall–Kier alpha value is -3.19. The quantitative estimate of drug-likeness (QED) is 0.539. The summed E-state index contributed by atoms with van der Waals surface area (Å²) in [6.07, 6.45) is 2.66. The molecular weight excluding hydrogens is 431 g/mol. The van der Waals surface area contributed by atoms with Crippen molar-refractivity contribution >= 4 is 23.3 Å². The van der Waals surface area contributed by atoms with Crippen LogP contribution in [0.5, 0.6) is 11.6 Å². The van der Waals surface area contributed by atoms with Gasteiger partial charge in [-0.25, -0.2) is 14.4 Å². The summed E-state index contributed by atoms with van der Waals surface area (Å²) in [6, 6.07) is 15.7. The van der Waals surface area contributed by atoms with Crippen LogP contribution in [-0.2, 0) is 11.2 Å². The number of amides is 1. The lowest BCUT2D eigenvalue weighted by molar-refractivity contribution is -0.133. The van der Waals surface area contributed by atoms with E-state index in [2.05, 4.69) is 14.9 Å². The minimum absolute atomic E-state index is 0.0536. The van der Waals surface area contributed by atoms with Gasteiger partial charge in [-0.15, -0.1) is 0 Å². The van der Waals surface area contributed by atoms with Gasteiger partial charge in [-0.3, -0.25) is 4.79 Å². The number of aryl methyl sites for hydroxylation is 1. The van der Waals surface area contributed by atoms with Crippen LogP contribution in [-0.4, -0.2) is 46.5 Å². The first-order valence-corrected chi connectivity index (χ1v) is 10.9. The predicted octanol–water partition coefficient (Wildman–Crippen LogP) is 4.73. The van der Waals surface area contributed by atoms with Gasteiger partial charge < -0.3 is 14.5 Å². The summed E-state index contributed by atoms with van der Waals surface area (Å²) in [5.74, 6) is 1.07. The highest BCUT2D eigenvalue weighted by atomic mass is 35.5. The fraction of sp³-hybridized carbons (Fsp3) is 0.292. The van der Waals surface area contributed by atoms with E-state index in [0.29, 0.717) is 43.5 Å². The SMILES string of the molecule is CC1CN(c2cc(Oc3ccc(F)cc3Cl)ncn2)CCN1C(=O)CCc1ccccc1. The maximum absolute atomic E-state index is 13.3. The minimum Gasteiger partial charge on any atom is -0.437 e. The molecule has 166 valence electrons. The summed E-state index contributed by atoms with van der Waals surface area (Å²) >= 11 is 6.04. The largest absolute Gasteiger partial charge is 0.437 e. The Labute approximate surface area is 191 Å². The minimum atomic E-state index is -0.434. The van der Waals surface area contributed by atoms with Crippen molar-refractivity contribution in [3.8, 4) is 11.6 Å². The fourth-order valence-corrected chi connectivity index (χ4v) is 4.01. The number of anilines is 1. The second kappa shape index (κ2) is 9.96. The molecule has 0 N–H and O–H groups in total. The number of nitrogens with zero attached hydrogens (tertiary/aromatic N) is 4. The van der Waals surface area contributed by atoms with Crippen LogP contribution in [0.4, 0.5) is 10.2 Å². The Bertz CT molecular complexity index is 1080. The molecule has 0 radical (unpaired) electrons. The summed E-state index contributed by atoms with van der Waals surface area (Å²) in [5, 5.41) is 0.168. The highest BCUT2D eigenvalue weighted by molar-refractivity contribution is 6.32. The van der Waals surface area contributed by atoms with Gasteiger partial charge in [-0.2, -0.15) is 0 Å². The molecule has 1 aromatic heterocycles. The van der Waals surface area contributed by atoms with Crippen LogP contribution < -0.4 is 9.64 Å². The lowest BCUT2D eigenvalue weighted by Crippen LogP contribution is -2.54. The van der Waals surface area contributed by atoms with Crippen LogP contribution in [0.25, 0.3) is 0 Å². The van der Waals surface area contributed by atoms with Gasteiger partial charge in [0.1, 0.15) is 23.7 Å². The first-order chi connectivity index (χ1) is 15.5. The first kappa shape index (κ1) is 22.0. The molecule has 1 atom stereocenters. The molecule has 0 saturated carbocycles. The number of ether oxygens (including phenoxy) is 1. The van der Waals surface area contributed by atoms with Crippen LogP contribution in [0.2, 0.25) is 5.02 Å². The van der Waals surface area contributed by atoms with Crippen molar-refractivity contribution in [1.29, 1.82) is 0 Å². The van der Waals surface area contributed by atoms with Crippen molar-refractivity contribution in [1.82, 2.24) is 14.9 Å². The zero-order chi connectivity index (χ0) is 22.5. The number of halogens is 2. The summed E-state index contributed by atoms with van der Waals surface area (Å²) in [4.78, 5) is 25.3. The molecule has 0 bridgehead atoms. The van der Waals surface area contributed by atoms with E-state index in [1.807, 2.05) is 42.2 Å². The van der Waals surface area contributed by atoms with E-state index in [9.17, 15) is 9.18 Å². The Balaban J connectivity index is 1.36. The molecule has 1 amide bonds. The molecule has 1 aliphatic rings. The maximum Gasteiger partial charge on any atom is 0.224 e. The number of carbonyl (C=O) groups is 1. The lowest BCUT2D eigenvalue weighted by Gasteiger charge is -2.40. The fourth-order valence-electron chi connectivity index (χ4n) is 3.81. The maximum atomic E-state index is 13.3. The second-order valence-corrected chi connectivity index (χ2v) is 8.17. The number of rotatable bonds is 6. The topological polar surface area (TPSA) is 58.6 Å². The third-order valence-corrected chi connectivity index (χ3v) is 5.77. The van der Waals surface area contributed by atoms with E-state index in [1.165, 1.54) is 30.1 Å². The van der Waals surface area contributed by atoms with Gasteiger partial charge in [0.15, 0.2) is 0 Å². The molecule has 8 heteroatoms. The number of piperazine rings is 1. The molecular formula is C24H24ClFN4O2. The Morgan fingerprint density at radius 1 is 1.16 bits per heavy atom. The molecule has 32 heavy (non-hydrogen) atoms. The van der Waals surface area contributed by atoms with Gasteiger partial charge in [0.05, 0.1) is 5.02 Å². The number of hydrogen-bond acceptors (Lipinski definition) is 5. The molecule has 1 aliphatic heterocycles. The van der Waals surface area contributed by atoms with Crippen LogP contribution in [0.15, 0.2) is 60.9 Å². The highest BCUT2D eigenvalue weighted by Crippen LogP contribution is 2.30. The third kappa shape index (κ3) is 5.34. The van der Waals surface area contributed by atoms with Crippen molar-refractivity contribution in [2.75, 3.05) is 24.5 Å². The van der Waals surface area contributed by atoms with Crippen molar-refractivity contribution in [3.05, 3.63) is 77.3 Å². The summed E-state index contributed by atoms with van der Waals surface area (Å²) in [5.41, 5.74) is 1.17. The Morgan fingerprint density at radius 3 is 2.72 bits per heavy atom. The molecule has 1 fully saturated rings. The van der Waals surface area contributed by atoms with Gasteiger partial charge in [-0.1, -0.05) is 41.9 Å². The summed E-state index contributed by atoms with van der Waals surface area (Å²) < 4.78 is 19.0. The molecule has 2 heterocycles. The van der Waals surface area contributed by atoms with Crippen molar-refractivity contribution in [2.45, 2.75) is 25.8 Å². The lowest BCUT2D eigenvalue weighted by atomic mass is 10.1. The Kier molecular flexibility index (Phi) is 6.85. The molecule has 4 rings (SSSR count). The normalized spacial score (nSPS) is 16.2. The van der Waals surface area contributed by atoms with Crippen LogP contribution in [0.3, 0.4) is 0 Å². The van der Waals surface area contributed by atoms with Crippen molar-refractivity contribution in [3.63, 3.8) is 0 Å². The van der Waals surface area contributed by atoms with Crippen LogP contribution >= 0.6 is 11.6 Å². The number of carbonyl (C=O) groups excluding carboxylic acids is 1. The number of benzene rings is 2. The van der Waals surface area contributed by atoms with E-state index in [4.69, 9.17) is 16.3 Å². The van der Waals surface area contributed by atoms with Gasteiger partial charge in [0.25, 0.3) is 0 Å².